The highest BCUT2D eigenvalue weighted by Gasteiger charge is 2.04. The van der Waals surface area contributed by atoms with Crippen LogP contribution in [0, 0.1) is 5.92 Å². The zero-order valence-corrected chi connectivity index (χ0v) is 12.2. The Morgan fingerprint density at radius 1 is 1.26 bits per heavy atom. The monoisotopic (exact) mass is 259 g/mol. The molecule has 1 heterocycles. The number of benzene rings is 1. The van der Waals surface area contributed by atoms with Gasteiger partial charge in [-0.05, 0) is 37.0 Å². The third-order valence-corrected chi connectivity index (χ3v) is 3.25. The molecule has 19 heavy (non-hydrogen) atoms. The number of likely N-dealkylation sites (N-methyl/N-ethyl adjacent to an activating group) is 1. The maximum Gasteiger partial charge on any atom is 0.0456 e. The highest BCUT2D eigenvalue weighted by atomic mass is 15.1. The van der Waals surface area contributed by atoms with Crippen LogP contribution in [0.5, 0.6) is 0 Å². The number of rotatable bonds is 7. The van der Waals surface area contributed by atoms with E-state index in [0.717, 1.165) is 32.1 Å². The van der Waals surface area contributed by atoms with Gasteiger partial charge in [0.2, 0.25) is 0 Å². The van der Waals surface area contributed by atoms with Gasteiger partial charge in [0.15, 0.2) is 0 Å². The summed E-state index contributed by atoms with van der Waals surface area (Å²) in [4.78, 5) is 5.82. The van der Waals surface area contributed by atoms with Crippen LogP contribution < -0.4 is 5.32 Å². The molecule has 3 heteroatoms. The van der Waals surface area contributed by atoms with Gasteiger partial charge < -0.3 is 10.3 Å². The third-order valence-electron chi connectivity index (χ3n) is 3.25. The van der Waals surface area contributed by atoms with Crippen molar-refractivity contribution in [2.45, 2.75) is 20.4 Å². The van der Waals surface area contributed by atoms with Crippen molar-refractivity contribution in [2.75, 3.05) is 26.7 Å². The molecule has 0 saturated carbocycles. The molecule has 0 radical (unpaired) electrons. The second-order valence-corrected chi connectivity index (χ2v) is 5.72. The van der Waals surface area contributed by atoms with Gasteiger partial charge in [0.1, 0.15) is 0 Å². The number of nitrogens with zero attached hydrogens (tertiary/aromatic N) is 1. The molecule has 0 fully saturated rings. The molecule has 0 unspecified atom stereocenters. The molecule has 0 atom stereocenters. The van der Waals surface area contributed by atoms with Crippen molar-refractivity contribution in [3.8, 4) is 0 Å². The molecule has 0 aliphatic carbocycles. The van der Waals surface area contributed by atoms with E-state index in [0.29, 0.717) is 0 Å². The van der Waals surface area contributed by atoms with E-state index in [1.54, 1.807) is 0 Å². The van der Waals surface area contributed by atoms with Crippen LogP contribution in [0.3, 0.4) is 0 Å². The smallest absolute Gasteiger partial charge is 0.0456 e. The van der Waals surface area contributed by atoms with Crippen molar-refractivity contribution >= 4 is 10.9 Å². The Morgan fingerprint density at radius 2 is 2.05 bits per heavy atom. The summed E-state index contributed by atoms with van der Waals surface area (Å²) in [5.41, 5.74) is 2.51. The largest absolute Gasteiger partial charge is 0.357 e. The van der Waals surface area contributed by atoms with Gasteiger partial charge in [0.05, 0.1) is 0 Å². The van der Waals surface area contributed by atoms with E-state index in [9.17, 15) is 0 Å². The van der Waals surface area contributed by atoms with E-state index < -0.39 is 0 Å². The van der Waals surface area contributed by atoms with Crippen LogP contribution in [0.25, 0.3) is 10.9 Å². The maximum absolute atomic E-state index is 3.48. The lowest BCUT2D eigenvalue weighted by atomic mass is 10.2. The van der Waals surface area contributed by atoms with Gasteiger partial charge in [-0.1, -0.05) is 32.0 Å². The zero-order chi connectivity index (χ0) is 13.7. The molecule has 0 amide bonds. The first-order valence-electron chi connectivity index (χ1n) is 7.11. The van der Waals surface area contributed by atoms with E-state index in [1.807, 2.05) is 0 Å². The van der Waals surface area contributed by atoms with Gasteiger partial charge in [-0.3, -0.25) is 4.90 Å². The lowest BCUT2D eigenvalue weighted by Gasteiger charge is -2.16. The van der Waals surface area contributed by atoms with Crippen molar-refractivity contribution < 1.29 is 0 Å². The van der Waals surface area contributed by atoms with Crippen molar-refractivity contribution in [1.29, 1.82) is 0 Å². The average Bonchev–Trinajstić information content (AvgIpc) is 2.76. The van der Waals surface area contributed by atoms with Crippen molar-refractivity contribution in [3.05, 3.63) is 36.0 Å². The van der Waals surface area contributed by atoms with Gasteiger partial charge in [-0.15, -0.1) is 0 Å². The van der Waals surface area contributed by atoms with Gasteiger partial charge >= 0.3 is 0 Å². The molecule has 0 spiro atoms. The summed E-state index contributed by atoms with van der Waals surface area (Å²) in [6, 6.07) is 10.7. The fourth-order valence-corrected chi connectivity index (χ4v) is 2.25. The highest BCUT2D eigenvalue weighted by molar-refractivity contribution is 5.80. The molecule has 2 rings (SSSR count). The summed E-state index contributed by atoms with van der Waals surface area (Å²) in [7, 11) is 2.17. The maximum atomic E-state index is 3.48. The second kappa shape index (κ2) is 6.73. The fraction of sp³-hybridized carbons (Fsp3) is 0.500. The number of fused-ring (bicyclic) bond motifs is 1. The predicted molar refractivity (Wildman–Crippen MR) is 82.3 cm³/mol. The Labute approximate surface area is 116 Å². The van der Waals surface area contributed by atoms with Gasteiger partial charge in [0, 0.05) is 30.8 Å². The number of nitrogens with one attached hydrogen (secondary N) is 2. The number of hydrogen-bond donors (Lipinski definition) is 2. The van der Waals surface area contributed by atoms with Crippen LogP contribution >= 0.6 is 0 Å². The standard InChI is InChI=1S/C16H25N3/c1-13(2)11-17-8-9-19(3)12-15-10-14-6-4-5-7-16(14)18-15/h4-7,10,13,17-18H,8-9,11-12H2,1-3H3. The molecule has 0 saturated heterocycles. The Kier molecular flexibility index (Phi) is 5.00. The van der Waals surface area contributed by atoms with Crippen LogP contribution in [0.2, 0.25) is 0 Å². The Hall–Kier alpha value is -1.32. The third kappa shape index (κ3) is 4.37. The lowest BCUT2D eigenvalue weighted by molar-refractivity contribution is 0.319. The Bertz CT molecular complexity index is 468. The lowest BCUT2D eigenvalue weighted by Crippen LogP contribution is -2.30. The molecule has 0 aliphatic heterocycles. The molecule has 0 aliphatic rings. The van der Waals surface area contributed by atoms with Crippen LogP contribution in [0.1, 0.15) is 19.5 Å². The predicted octanol–water partition coefficient (Wildman–Crippen LogP) is 2.85. The minimum atomic E-state index is 0.721. The first kappa shape index (κ1) is 14.1. The number of para-hydroxylation sites is 1. The summed E-state index contributed by atoms with van der Waals surface area (Å²) < 4.78 is 0. The topological polar surface area (TPSA) is 31.1 Å². The van der Waals surface area contributed by atoms with Crippen molar-refractivity contribution in [1.82, 2.24) is 15.2 Å². The number of aromatic nitrogens is 1. The van der Waals surface area contributed by atoms with E-state index >= 15 is 0 Å². The number of aromatic amines is 1. The summed E-state index contributed by atoms with van der Waals surface area (Å²) in [6.07, 6.45) is 0. The van der Waals surface area contributed by atoms with Gasteiger partial charge in [-0.2, -0.15) is 0 Å². The molecule has 2 aromatic rings. The first-order valence-corrected chi connectivity index (χ1v) is 7.11. The van der Waals surface area contributed by atoms with Crippen LogP contribution in [0.4, 0.5) is 0 Å². The van der Waals surface area contributed by atoms with Gasteiger partial charge in [0.25, 0.3) is 0 Å². The number of hydrogen-bond acceptors (Lipinski definition) is 2. The van der Waals surface area contributed by atoms with E-state index in [2.05, 4.69) is 66.4 Å². The Morgan fingerprint density at radius 3 is 2.79 bits per heavy atom. The average molecular weight is 259 g/mol. The minimum Gasteiger partial charge on any atom is -0.357 e. The van der Waals surface area contributed by atoms with Crippen LogP contribution in [-0.2, 0) is 6.54 Å². The minimum absolute atomic E-state index is 0.721. The Balaban J connectivity index is 1.80. The van der Waals surface area contributed by atoms with E-state index in [1.165, 1.54) is 16.6 Å². The molecular formula is C16H25N3. The summed E-state index contributed by atoms with van der Waals surface area (Å²) in [6.45, 7) is 8.66. The quantitative estimate of drug-likeness (QED) is 0.749. The zero-order valence-electron chi connectivity index (χ0n) is 12.2. The normalized spacial score (nSPS) is 11.8. The molecule has 1 aromatic heterocycles. The molecule has 2 N–H and O–H groups in total. The fourth-order valence-electron chi connectivity index (χ4n) is 2.25. The SMILES string of the molecule is CC(C)CNCCN(C)Cc1cc2ccccc2[nH]1. The molecule has 3 nitrogen and oxygen atoms in total. The summed E-state index contributed by atoms with van der Waals surface area (Å²) in [5.74, 6) is 0.721. The first-order chi connectivity index (χ1) is 9.15. The van der Waals surface area contributed by atoms with Crippen molar-refractivity contribution in [2.24, 2.45) is 5.92 Å². The molecular weight excluding hydrogens is 234 g/mol. The van der Waals surface area contributed by atoms with E-state index in [-0.39, 0.29) is 0 Å². The molecule has 0 bridgehead atoms. The van der Waals surface area contributed by atoms with Gasteiger partial charge in [-0.25, -0.2) is 0 Å². The van der Waals surface area contributed by atoms with Crippen LogP contribution in [-0.4, -0.2) is 36.6 Å². The van der Waals surface area contributed by atoms with E-state index in [4.69, 9.17) is 0 Å². The van der Waals surface area contributed by atoms with Crippen molar-refractivity contribution in [3.63, 3.8) is 0 Å². The molecule has 1 aromatic carbocycles. The van der Waals surface area contributed by atoms with Crippen LogP contribution in [0.15, 0.2) is 30.3 Å². The molecule has 104 valence electrons. The highest BCUT2D eigenvalue weighted by Crippen LogP contribution is 2.15. The summed E-state index contributed by atoms with van der Waals surface area (Å²) in [5, 5.41) is 4.77. The number of H-pyrrole nitrogens is 1. The second-order valence-electron chi connectivity index (χ2n) is 5.72. The summed E-state index contributed by atoms with van der Waals surface area (Å²) >= 11 is 0.